The second kappa shape index (κ2) is 6.41. The van der Waals surface area contributed by atoms with Crippen LogP contribution in [-0.2, 0) is 9.59 Å². The summed E-state index contributed by atoms with van der Waals surface area (Å²) in [5.41, 5.74) is -0.960. The van der Waals surface area contributed by atoms with Crippen LogP contribution in [-0.4, -0.2) is 46.4 Å². The van der Waals surface area contributed by atoms with Gasteiger partial charge in [0.2, 0.25) is 5.91 Å². The zero-order valence-corrected chi connectivity index (χ0v) is 11.0. The molecule has 0 saturated heterocycles. The summed E-state index contributed by atoms with van der Waals surface area (Å²) in [5.74, 6) is -1.14. The smallest absolute Gasteiger partial charge is 0.272 e. The first-order valence-corrected chi connectivity index (χ1v) is 5.45. The Balaban J connectivity index is 4.75. The summed E-state index contributed by atoms with van der Waals surface area (Å²) in [6.45, 7) is 5.90. The highest BCUT2D eigenvalue weighted by Crippen LogP contribution is 2.16. The van der Waals surface area contributed by atoms with E-state index < -0.39 is 22.9 Å². The van der Waals surface area contributed by atoms with Crippen molar-refractivity contribution < 1.29 is 19.9 Å². The van der Waals surface area contributed by atoms with Gasteiger partial charge in [-0.1, -0.05) is 0 Å². The Morgan fingerprint density at radius 1 is 1.06 bits per heavy atom. The summed E-state index contributed by atoms with van der Waals surface area (Å²) in [6, 6.07) is 0. The molecule has 0 spiro atoms. The van der Waals surface area contributed by atoms with Crippen molar-refractivity contribution in [2.45, 2.75) is 38.8 Å². The highest BCUT2D eigenvalue weighted by molar-refractivity contribution is 5.86. The van der Waals surface area contributed by atoms with Gasteiger partial charge in [0.15, 0.2) is 11.1 Å². The molecule has 4 N–H and O–H groups in total. The molecule has 18 heavy (non-hydrogen) atoms. The number of aliphatic hydroxyl groups is 1. The van der Waals surface area contributed by atoms with Crippen LogP contribution in [0.3, 0.4) is 0 Å². The van der Waals surface area contributed by atoms with Crippen LogP contribution in [0.2, 0.25) is 0 Å². The van der Waals surface area contributed by atoms with Crippen molar-refractivity contribution in [1.29, 1.82) is 0 Å². The van der Waals surface area contributed by atoms with E-state index in [1.807, 2.05) is 0 Å². The summed E-state index contributed by atoms with van der Waals surface area (Å²) in [6.07, 6.45) is 0. The van der Waals surface area contributed by atoms with Crippen LogP contribution >= 0.6 is 0 Å². The lowest BCUT2D eigenvalue weighted by Crippen LogP contribution is -2.43. The first-order chi connectivity index (χ1) is 8.17. The molecule has 0 radical (unpaired) electrons. The molecular formula is C10H20N4O4. The number of hydroxylamine groups is 1. The Bertz CT molecular complexity index is 339. The zero-order valence-electron chi connectivity index (χ0n) is 11.0. The Kier molecular flexibility index (Phi) is 5.86. The molecule has 0 rings (SSSR count). The van der Waals surface area contributed by atoms with Crippen LogP contribution < -0.4 is 10.8 Å². The molecule has 0 aromatic carbocycles. The number of rotatable bonds is 6. The molecule has 0 saturated carbocycles. The molecular weight excluding hydrogens is 240 g/mol. The van der Waals surface area contributed by atoms with Crippen molar-refractivity contribution in [2.24, 2.45) is 10.2 Å². The van der Waals surface area contributed by atoms with Gasteiger partial charge in [0.05, 0.1) is 6.61 Å². The van der Waals surface area contributed by atoms with Gasteiger partial charge >= 0.3 is 0 Å². The SMILES string of the molecule is CC(C)(N=NC(C)(C)C(=O)NCCO)C(=O)NO. The Morgan fingerprint density at radius 3 is 1.89 bits per heavy atom. The summed E-state index contributed by atoms with van der Waals surface area (Å²) in [7, 11) is 0. The third-order valence-corrected chi connectivity index (χ3v) is 2.16. The van der Waals surface area contributed by atoms with Crippen molar-refractivity contribution in [3.05, 3.63) is 0 Å². The van der Waals surface area contributed by atoms with E-state index in [9.17, 15) is 9.59 Å². The maximum Gasteiger partial charge on any atom is 0.272 e. The molecule has 104 valence electrons. The molecule has 2 amide bonds. The average molecular weight is 260 g/mol. The maximum absolute atomic E-state index is 11.7. The fourth-order valence-electron chi connectivity index (χ4n) is 0.863. The van der Waals surface area contributed by atoms with Gasteiger partial charge in [0.25, 0.3) is 5.91 Å². The predicted molar refractivity (Wildman–Crippen MR) is 63.0 cm³/mol. The average Bonchev–Trinajstić information content (AvgIpc) is 2.32. The number of hydrogen-bond acceptors (Lipinski definition) is 6. The van der Waals surface area contributed by atoms with Crippen LogP contribution in [0.1, 0.15) is 27.7 Å². The van der Waals surface area contributed by atoms with E-state index in [0.29, 0.717) is 0 Å². The normalized spacial score (nSPS) is 12.6. The summed E-state index contributed by atoms with van der Waals surface area (Å²) >= 11 is 0. The van der Waals surface area contributed by atoms with E-state index in [4.69, 9.17) is 10.3 Å². The molecule has 0 aliphatic rings. The lowest BCUT2D eigenvalue weighted by atomic mass is 10.1. The van der Waals surface area contributed by atoms with E-state index in [0.717, 1.165) is 0 Å². The van der Waals surface area contributed by atoms with Crippen LogP contribution in [0.4, 0.5) is 0 Å². The van der Waals surface area contributed by atoms with E-state index in [1.165, 1.54) is 33.2 Å². The zero-order chi connectivity index (χ0) is 14.4. The van der Waals surface area contributed by atoms with Crippen molar-refractivity contribution in [3.63, 3.8) is 0 Å². The van der Waals surface area contributed by atoms with Gasteiger partial charge in [0, 0.05) is 6.54 Å². The molecule has 0 fully saturated rings. The number of carbonyl (C=O) groups is 2. The minimum Gasteiger partial charge on any atom is -0.395 e. The molecule has 0 aliphatic heterocycles. The first kappa shape index (κ1) is 16.5. The summed E-state index contributed by atoms with van der Waals surface area (Å²) < 4.78 is 0. The number of azo groups is 1. The first-order valence-electron chi connectivity index (χ1n) is 5.45. The van der Waals surface area contributed by atoms with E-state index in [2.05, 4.69) is 15.5 Å². The van der Waals surface area contributed by atoms with Crippen LogP contribution in [0.15, 0.2) is 10.2 Å². The van der Waals surface area contributed by atoms with E-state index in [1.54, 1.807) is 0 Å². The van der Waals surface area contributed by atoms with Gasteiger partial charge in [-0.3, -0.25) is 14.8 Å². The van der Waals surface area contributed by atoms with E-state index >= 15 is 0 Å². The van der Waals surface area contributed by atoms with Gasteiger partial charge in [-0.2, -0.15) is 10.2 Å². The highest BCUT2D eigenvalue weighted by Gasteiger charge is 2.31. The van der Waals surface area contributed by atoms with Crippen LogP contribution in [0.5, 0.6) is 0 Å². The Morgan fingerprint density at radius 2 is 1.50 bits per heavy atom. The lowest BCUT2D eigenvalue weighted by molar-refractivity contribution is -0.134. The number of nitrogens with one attached hydrogen (secondary N) is 2. The predicted octanol–water partition coefficient (Wildman–Crippen LogP) is -0.390. The molecule has 8 heteroatoms. The number of aliphatic hydroxyl groups excluding tert-OH is 1. The van der Waals surface area contributed by atoms with Gasteiger partial charge in [0.1, 0.15) is 0 Å². The van der Waals surface area contributed by atoms with Gasteiger partial charge in [-0.15, -0.1) is 0 Å². The fourth-order valence-corrected chi connectivity index (χ4v) is 0.863. The molecule has 0 unspecified atom stereocenters. The van der Waals surface area contributed by atoms with Crippen molar-refractivity contribution >= 4 is 11.8 Å². The molecule has 0 aromatic rings. The minimum absolute atomic E-state index is 0.123. The number of amides is 2. The third-order valence-electron chi connectivity index (χ3n) is 2.16. The molecule has 0 heterocycles. The topological polar surface area (TPSA) is 123 Å². The van der Waals surface area contributed by atoms with Gasteiger partial charge in [-0.25, -0.2) is 5.48 Å². The molecule has 0 aromatic heterocycles. The molecule has 0 atom stereocenters. The van der Waals surface area contributed by atoms with Crippen LogP contribution in [0.25, 0.3) is 0 Å². The maximum atomic E-state index is 11.7. The summed E-state index contributed by atoms with van der Waals surface area (Å²) in [5, 5.41) is 27.1. The Hall–Kier alpha value is -1.54. The van der Waals surface area contributed by atoms with Gasteiger partial charge < -0.3 is 10.4 Å². The fraction of sp³-hybridized carbons (Fsp3) is 0.800. The second-order valence-electron chi connectivity index (χ2n) is 4.74. The van der Waals surface area contributed by atoms with Crippen molar-refractivity contribution in [2.75, 3.05) is 13.2 Å². The minimum atomic E-state index is -1.27. The second-order valence-corrected chi connectivity index (χ2v) is 4.74. The standard InChI is InChI=1S/C10H20N4O4/c1-9(2,7(16)11-5-6-15)13-14-10(3,4)8(17)12-18/h15,18H,5-6H2,1-4H3,(H,11,16)(H,12,17). The Labute approximate surface area is 105 Å². The molecule has 8 nitrogen and oxygen atoms in total. The number of carbonyl (C=O) groups excluding carboxylic acids is 2. The number of nitrogens with zero attached hydrogens (tertiary/aromatic N) is 2. The van der Waals surface area contributed by atoms with Crippen molar-refractivity contribution in [3.8, 4) is 0 Å². The summed E-state index contributed by atoms with van der Waals surface area (Å²) in [4.78, 5) is 22.9. The lowest BCUT2D eigenvalue weighted by Gasteiger charge is -2.21. The van der Waals surface area contributed by atoms with Crippen LogP contribution in [0, 0.1) is 0 Å². The molecule has 0 bridgehead atoms. The molecule has 0 aliphatic carbocycles. The monoisotopic (exact) mass is 260 g/mol. The van der Waals surface area contributed by atoms with Gasteiger partial charge in [-0.05, 0) is 27.7 Å². The quantitative estimate of drug-likeness (QED) is 0.295. The number of hydrogen-bond donors (Lipinski definition) is 4. The van der Waals surface area contributed by atoms with Crippen molar-refractivity contribution in [1.82, 2.24) is 10.8 Å². The largest absolute Gasteiger partial charge is 0.395 e. The third kappa shape index (κ3) is 4.76. The van der Waals surface area contributed by atoms with E-state index in [-0.39, 0.29) is 13.2 Å². The highest BCUT2D eigenvalue weighted by atomic mass is 16.5.